The number of rotatable bonds is 1. The second-order valence-corrected chi connectivity index (χ2v) is 5.68. The van der Waals surface area contributed by atoms with Crippen LogP contribution in [0.15, 0.2) is 28.0 Å². The van der Waals surface area contributed by atoms with Gasteiger partial charge in [0, 0.05) is 19.2 Å². The van der Waals surface area contributed by atoms with Gasteiger partial charge in [-0.1, -0.05) is 11.6 Å². The summed E-state index contributed by atoms with van der Waals surface area (Å²) in [5, 5.41) is 9.85. The molecule has 0 atom stereocenters. The van der Waals surface area contributed by atoms with E-state index in [-0.39, 0.29) is 10.6 Å². The molecule has 2 aromatic rings. The summed E-state index contributed by atoms with van der Waals surface area (Å²) >= 11 is 6.88. The SMILES string of the molecule is O=c1s/c(=N\c2ccc(Cl)c(O)c2)n2n1CCCC2. The quantitative estimate of drug-likeness (QED) is 0.876. The lowest BCUT2D eigenvalue weighted by atomic mass is 10.3. The van der Waals surface area contributed by atoms with Crippen LogP contribution < -0.4 is 9.67 Å². The van der Waals surface area contributed by atoms with Gasteiger partial charge in [-0.2, -0.15) is 0 Å². The zero-order valence-electron chi connectivity index (χ0n) is 10.0. The first kappa shape index (κ1) is 12.5. The molecule has 2 heterocycles. The zero-order valence-corrected chi connectivity index (χ0v) is 11.6. The fourth-order valence-electron chi connectivity index (χ4n) is 2.10. The summed E-state index contributed by atoms with van der Waals surface area (Å²) in [7, 11) is 0. The van der Waals surface area contributed by atoms with Crippen molar-refractivity contribution >= 4 is 28.6 Å². The summed E-state index contributed by atoms with van der Waals surface area (Å²) in [5.41, 5.74) is 0.588. The molecule has 5 nitrogen and oxygen atoms in total. The largest absolute Gasteiger partial charge is 0.506 e. The fourth-order valence-corrected chi connectivity index (χ4v) is 3.11. The van der Waals surface area contributed by atoms with E-state index in [0.29, 0.717) is 15.5 Å². The molecule has 7 heteroatoms. The highest BCUT2D eigenvalue weighted by atomic mass is 35.5. The van der Waals surface area contributed by atoms with Crippen LogP contribution in [0.5, 0.6) is 5.75 Å². The zero-order chi connectivity index (χ0) is 13.4. The predicted octanol–water partition coefficient (Wildman–Crippen LogP) is 2.10. The Morgan fingerprint density at radius 2 is 2.00 bits per heavy atom. The third-order valence-corrected chi connectivity index (χ3v) is 4.24. The molecule has 1 aliphatic heterocycles. The van der Waals surface area contributed by atoms with Crippen LogP contribution in [0.2, 0.25) is 5.02 Å². The summed E-state index contributed by atoms with van der Waals surface area (Å²) in [5.74, 6) is -0.00617. The minimum absolute atomic E-state index is 0.00617. The third-order valence-electron chi connectivity index (χ3n) is 3.05. The van der Waals surface area contributed by atoms with E-state index in [9.17, 15) is 9.90 Å². The lowest BCUT2D eigenvalue weighted by Gasteiger charge is -2.15. The van der Waals surface area contributed by atoms with Crippen LogP contribution in [0.1, 0.15) is 12.8 Å². The Hall–Kier alpha value is -1.53. The third kappa shape index (κ3) is 2.33. The van der Waals surface area contributed by atoms with Gasteiger partial charge in [-0.15, -0.1) is 0 Å². The molecule has 19 heavy (non-hydrogen) atoms. The molecule has 0 saturated carbocycles. The van der Waals surface area contributed by atoms with Gasteiger partial charge in [-0.25, -0.2) is 9.67 Å². The second-order valence-electron chi connectivity index (χ2n) is 4.35. The molecule has 0 radical (unpaired) electrons. The Kier molecular flexibility index (Phi) is 3.20. The number of fused-ring (bicyclic) bond motifs is 1. The molecule has 0 spiro atoms. The lowest BCUT2D eigenvalue weighted by molar-refractivity contribution is 0.345. The average Bonchev–Trinajstić information content (AvgIpc) is 2.72. The number of halogens is 1. The molecule has 0 aliphatic carbocycles. The van der Waals surface area contributed by atoms with E-state index >= 15 is 0 Å². The molecule has 0 bridgehead atoms. The van der Waals surface area contributed by atoms with Crippen molar-refractivity contribution in [2.45, 2.75) is 25.9 Å². The van der Waals surface area contributed by atoms with Gasteiger partial charge in [0.05, 0.1) is 10.7 Å². The van der Waals surface area contributed by atoms with E-state index in [1.165, 1.54) is 6.07 Å². The van der Waals surface area contributed by atoms with Gasteiger partial charge in [-0.3, -0.25) is 9.48 Å². The standard InChI is InChI=1S/C12H12ClN3O2S/c13-9-4-3-8(7-10(9)17)14-11-15-5-1-2-6-16(15)12(18)19-11/h3-4,7,17H,1-2,5-6H2/b14-11-. The molecule has 0 fully saturated rings. The molecule has 0 saturated heterocycles. The van der Waals surface area contributed by atoms with Crippen LogP contribution in [0.3, 0.4) is 0 Å². The van der Waals surface area contributed by atoms with Gasteiger partial charge in [-0.05, 0) is 36.3 Å². The van der Waals surface area contributed by atoms with Crippen molar-refractivity contribution in [3.05, 3.63) is 37.7 Å². The monoisotopic (exact) mass is 297 g/mol. The molecule has 1 aliphatic rings. The maximum Gasteiger partial charge on any atom is 0.325 e. The smallest absolute Gasteiger partial charge is 0.325 e. The first-order valence-electron chi connectivity index (χ1n) is 5.99. The highest BCUT2D eigenvalue weighted by Crippen LogP contribution is 2.27. The predicted molar refractivity (Wildman–Crippen MR) is 74.1 cm³/mol. The highest BCUT2D eigenvalue weighted by molar-refractivity contribution is 7.06. The number of aromatic hydroxyl groups is 1. The number of phenols is 1. The topological polar surface area (TPSA) is 59.5 Å². The second kappa shape index (κ2) is 4.86. The Balaban J connectivity index is 2.13. The normalized spacial score (nSPS) is 15.5. The maximum absolute atomic E-state index is 11.8. The van der Waals surface area contributed by atoms with E-state index in [0.717, 1.165) is 37.3 Å². The number of hydrogen-bond acceptors (Lipinski definition) is 4. The number of nitrogens with zero attached hydrogens (tertiary/aromatic N) is 3. The molecule has 0 amide bonds. The van der Waals surface area contributed by atoms with Gasteiger partial charge < -0.3 is 5.11 Å². The molecule has 100 valence electrons. The maximum atomic E-state index is 11.8. The van der Waals surface area contributed by atoms with E-state index in [2.05, 4.69) is 4.99 Å². The number of benzene rings is 1. The molecular formula is C12H12ClN3O2S. The minimum Gasteiger partial charge on any atom is -0.506 e. The molecule has 1 aromatic heterocycles. The molecular weight excluding hydrogens is 286 g/mol. The van der Waals surface area contributed by atoms with Gasteiger partial charge in [0.2, 0.25) is 4.80 Å². The number of phenolic OH excluding ortho intramolecular Hbond substituents is 1. The van der Waals surface area contributed by atoms with Gasteiger partial charge in [0.15, 0.2) is 0 Å². The van der Waals surface area contributed by atoms with Crippen molar-refractivity contribution in [2.24, 2.45) is 4.99 Å². The van der Waals surface area contributed by atoms with Crippen LogP contribution in [0.25, 0.3) is 0 Å². The van der Waals surface area contributed by atoms with Crippen molar-refractivity contribution in [2.75, 3.05) is 0 Å². The van der Waals surface area contributed by atoms with Crippen LogP contribution in [-0.2, 0) is 13.1 Å². The minimum atomic E-state index is -0.00617. The number of aromatic nitrogens is 2. The van der Waals surface area contributed by atoms with E-state index in [1.807, 2.05) is 4.68 Å². The Bertz CT molecular complexity index is 744. The van der Waals surface area contributed by atoms with Crippen molar-refractivity contribution in [3.8, 4) is 5.75 Å². The van der Waals surface area contributed by atoms with Gasteiger partial charge >= 0.3 is 4.87 Å². The Morgan fingerprint density at radius 1 is 1.26 bits per heavy atom. The van der Waals surface area contributed by atoms with E-state index in [1.54, 1.807) is 16.8 Å². The first-order chi connectivity index (χ1) is 9.15. The summed E-state index contributed by atoms with van der Waals surface area (Å²) in [4.78, 5) is 16.9. The van der Waals surface area contributed by atoms with Crippen LogP contribution in [0, 0.1) is 0 Å². The van der Waals surface area contributed by atoms with Crippen LogP contribution in [-0.4, -0.2) is 14.5 Å². The first-order valence-corrected chi connectivity index (χ1v) is 7.18. The molecule has 1 aromatic carbocycles. The molecule has 1 N–H and O–H groups in total. The van der Waals surface area contributed by atoms with Crippen molar-refractivity contribution in [1.82, 2.24) is 9.36 Å². The Labute approximate surface area is 118 Å². The fraction of sp³-hybridized carbons (Fsp3) is 0.333. The van der Waals surface area contributed by atoms with E-state index < -0.39 is 0 Å². The number of hydrogen-bond donors (Lipinski definition) is 1. The van der Waals surface area contributed by atoms with Crippen molar-refractivity contribution in [1.29, 1.82) is 0 Å². The lowest BCUT2D eigenvalue weighted by Crippen LogP contribution is -2.31. The van der Waals surface area contributed by atoms with Gasteiger partial charge in [0.25, 0.3) is 0 Å². The average molecular weight is 298 g/mol. The van der Waals surface area contributed by atoms with Crippen molar-refractivity contribution in [3.63, 3.8) is 0 Å². The van der Waals surface area contributed by atoms with Crippen LogP contribution in [0.4, 0.5) is 5.69 Å². The summed E-state index contributed by atoms with van der Waals surface area (Å²) < 4.78 is 3.63. The van der Waals surface area contributed by atoms with Gasteiger partial charge in [0.1, 0.15) is 5.75 Å². The molecule has 3 rings (SSSR count). The highest BCUT2D eigenvalue weighted by Gasteiger charge is 2.12. The summed E-state index contributed by atoms with van der Waals surface area (Å²) in [6, 6.07) is 4.80. The van der Waals surface area contributed by atoms with Crippen LogP contribution >= 0.6 is 22.9 Å². The Morgan fingerprint density at radius 3 is 2.74 bits per heavy atom. The van der Waals surface area contributed by atoms with Crippen molar-refractivity contribution < 1.29 is 5.11 Å². The van der Waals surface area contributed by atoms with E-state index in [4.69, 9.17) is 11.6 Å². The summed E-state index contributed by atoms with van der Waals surface area (Å²) in [6.07, 6.45) is 2.08. The summed E-state index contributed by atoms with van der Waals surface area (Å²) in [6.45, 7) is 1.55. The molecule has 0 unspecified atom stereocenters.